The second kappa shape index (κ2) is 8.00. The van der Waals surface area contributed by atoms with Gasteiger partial charge in [-0.15, -0.1) is 0 Å². The van der Waals surface area contributed by atoms with Crippen LogP contribution >= 0.6 is 0 Å². The lowest BCUT2D eigenvalue weighted by molar-refractivity contribution is -0.130. The average molecular weight is 288 g/mol. The first-order chi connectivity index (χ1) is 9.01. The van der Waals surface area contributed by atoms with E-state index in [4.69, 9.17) is 0 Å². The van der Waals surface area contributed by atoms with E-state index >= 15 is 0 Å². The van der Waals surface area contributed by atoms with E-state index in [0.717, 1.165) is 38.6 Å². The zero-order valence-electron chi connectivity index (χ0n) is 12.6. The van der Waals surface area contributed by atoms with E-state index in [1.165, 1.54) is 0 Å². The molecule has 0 aromatic rings. The number of carbonyl (C=O) groups excluding carboxylic acids is 1. The lowest BCUT2D eigenvalue weighted by Gasteiger charge is -2.24. The van der Waals surface area contributed by atoms with E-state index in [9.17, 15) is 9.00 Å². The summed E-state index contributed by atoms with van der Waals surface area (Å²) < 4.78 is 11.4. The Morgan fingerprint density at radius 2 is 1.95 bits per heavy atom. The van der Waals surface area contributed by atoms with Crippen LogP contribution in [0.3, 0.4) is 0 Å². The molecule has 1 amide bonds. The number of amides is 1. The molecule has 1 N–H and O–H groups in total. The Kier molecular flexibility index (Phi) is 7.00. The molecule has 1 rings (SSSR count). The fraction of sp³-hybridized carbons (Fsp3) is 0.929. The Morgan fingerprint density at radius 1 is 1.32 bits per heavy atom. The van der Waals surface area contributed by atoms with E-state index in [0.29, 0.717) is 0 Å². The molecule has 19 heavy (non-hydrogen) atoms. The zero-order chi connectivity index (χ0) is 14.4. The van der Waals surface area contributed by atoms with Gasteiger partial charge in [-0.2, -0.15) is 0 Å². The lowest BCUT2D eigenvalue weighted by Crippen LogP contribution is -2.39. The van der Waals surface area contributed by atoms with Gasteiger partial charge < -0.3 is 4.90 Å². The number of rotatable bonds is 8. The minimum Gasteiger partial charge on any atom is -0.326 e. The molecule has 112 valence electrons. The molecule has 0 bridgehead atoms. The SMILES string of the molecule is CCCC1NC(CCC)N(CCC(C)S(C)=O)C1=O. The maximum absolute atomic E-state index is 12.4. The molecule has 4 unspecified atom stereocenters. The summed E-state index contributed by atoms with van der Waals surface area (Å²) in [6, 6.07) is -0.0102. The van der Waals surface area contributed by atoms with Crippen molar-refractivity contribution in [2.24, 2.45) is 0 Å². The van der Waals surface area contributed by atoms with Crippen molar-refractivity contribution >= 4 is 16.7 Å². The van der Waals surface area contributed by atoms with E-state index < -0.39 is 10.8 Å². The molecule has 1 fully saturated rings. The van der Waals surface area contributed by atoms with Crippen molar-refractivity contribution < 1.29 is 9.00 Å². The van der Waals surface area contributed by atoms with Crippen molar-refractivity contribution in [1.29, 1.82) is 0 Å². The second-order valence-electron chi connectivity index (χ2n) is 5.44. The van der Waals surface area contributed by atoms with Crippen LogP contribution < -0.4 is 5.32 Å². The molecular weight excluding hydrogens is 260 g/mol. The molecule has 1 heterocycles. The Balaban J connectivity index is 2.60. The highest BCUT2D eigenvalue weighted by molar-refractivity contribution is 7.84. The van der Waals surface area contributed by atoms with E-state index in [2.05, 4.69) is 19.2 Å². The molecule has 0 aliphatic carbocycles. The highest BCUT2D eigenvalue weighted by Gasteiger charge is 2.37. The Morgan fingerprint density at radius 3 is 2.47 bits per heavy atom. The molecule has 0 saturated carbocycles. The van der Waals surface area contributed by atoms with Crippen LogP contribution in [-0.2, 0) is 15.6 Å². The lowest BCUT2D eigenvalue weighted by atomic mass is 10.1. The van der Waals surface area contributed by atoms with Gasteiger partial charge in [0.15, 0.2) is 0 Å². The number of hydrogen-bond donors (Lipinski definition) is 1. The third-order valence-electron chi connectivity index (χ3n) is 3.83. The Hall–Kier alpha value is -0.420. The summed E-state index contributed by atoms with van der Waals surface area (Å²) in [5.41, 5.74) is 0. The molecule has 5 heteroatoms. The monoisotopic (exact) mass is 288 g/mol. The van der Waals surface area contributed by atoms with Crippen molar-refractivity contribution in [3.63, 3.8) is 0 Å². The zero-order valence-corrected chi connectivity index (χ0v) is 13.5. The maximum Gasteiger partial charge on any atom is 0.241 e. The Bertz CT molecular complexity index is 323. The minimum absolute atomic E-state index is 0.0102. The van der Waals surface area contributed by atoms with Crippen molar-refractivity contribution in [2.75, 3.05) is 12.8 Å². The van der Waals surface area contributed by atoms with E-state index in [-0.39, 0.29) is 23.4 Å². The predicted octanol–water partition coefficient (Wildman–Crippen LogP) is 1.87. The van der Waals surface area contributed by atoms with Crippen LogP contribution in [0.4, 0.5) is 0 Å². The average Bonchev–Trinajstić information content (AvgIpc) is 2.64. The first kappa shape index (κ1) is 16.6. The highest BCUT2D eigenvalue weighted by Crippen LogP contribution is 2.19. The van der Waals surface area contributed by atoms with Crippen LogP contribution in [0, 0.1) is 0 Å². The molecule has 0 aromatic heterocycles. The first-order valence-electron chi connectivity index (χ1n) is 7.40. The van der Waals surface area contributed by atoms with Gasteiger partial charge in [-0.25, -0.2) is 0 Å². The van der Waals surface area contributed by atoms with Crippen LogP contribution in [0.1, 0.15) is 52.9 Å². The van der Waals surface area contributed by atoms with Gasteiger partial charge in [0.05, 0.1) is 12.2 Å². The Labute approximate surface area is 119 Å². The van der Waals surface area contributed by atoms with Gasteiger partial charge in [0.2, 0.25) is 5.91 Å². The normalized spacial score (nSPS) is 26.7. The van der Waals surface area contributed by atoms with Gasteiger partial charge in [-0.3, -0.25) is 14.3 Å². The van der Waals surface area contributed by atoms with Crippen LogP contribution in [-0.4, -0.2) is 45.3 Å². The van der Waals surface area contributed by atoms with Gasteiger partial charge in [0, 0.05) is 28.9 Å². The van der Waals surface area contributed by atoms with Crippen LogP contribution in [0.15, 0.2) is 0 Å². The van der Waals surface area contributed by atoms with Crippen LogP contribution in [0.25, 0.3) is 0 Å². The molecule has 1 aliphatic heterocycles. The number of nitrogens with one attached hydrogen (secondary N) is 1. The third kappa shape index (κ3) is 4.56. The standard InChI is InChI=1S/C14H28N2O2S/c1-5-7-12-14(17)16(13(15-12)8-6-2)10-9-11(3)19(4)18/h11-13,15H,5-10H2,1-4H3. The fourth-order valence-corrected chi connectivity index (χ4v) is 2.95. The van der Waals surface area contributed by atoms with Gasteiger partial charge in [-0.05, 0) is 19.3 Å². The summed E-state index contributed by atoms with van der Waals surface area (Å²) in [5, 5.41) is 3.60. The molecule has 1 saturated heterocycles. The summed E-state index contributed by atoms with van der Waals surface area (Å²) in [4.78, 5) is 14.3. The van der Waals surface area contributed by atoms with E-state index in [1.54, 1.807) is 6.26 Å². The van der Waals surface area contributed by atoms with Crippen molar-refractivity contribution in [2.45, 2.75) is 70.3 Å². The molecule has 1 aliphatic rings. The fourth-order valence-electron chi connectivity index (χ4n) is 2.51. The largest absolute Gasteiger partial charge is 0.326 e. The molecule has 0 spiro atoms. The first-order valence-corrected chi connectivity index (χ1v) is 9.02. The van der Waals surface area contributed by atoms with Crippen LogP contribution in [0.2, 0.25) is 0 Å². The highest BCUT2D eigenvalue weighted by atomic mass is 32.2. The van der Waals surface area contributed by atoms with Crippen molar-refractivity contribution in [3.8, 4) is 0 Å². The number of nitrogens with zero attached hydrogens (tertiary/aromatic N) is 1. The predicted molar refractivity (Wildman–Crippen MR) is 80.4 cm³/mol. The molecular formula is C14H28N2O2S. The summed E-state index contributed by atoms with van der Waals surface area (Å²) in [7, 11) is -0.807. The van der Waals surface area contributed by atoms with Gasteiger partial charge in [0.1, 0.15) is 0 Å². The summed E-state index contributed by atoms with van der Waals surface area (Å²) in [5.74, 6) is 0.231. The van der Waals surface area contributed by atoms with Crippen molar-refractivity contribution in [3.05, 3.63) is 0 Å². The van der Waals surface area contributed by atoms with Gasteiger partial charge >= 0.3 is 0 Å². The summed E-state index contributed by atoms with van der Waals surface area (Å²) in [6.45, 7) is 6.95. The van der Waals surface area contributed by atoms with E-state index in [1.807, 2.05) is 11.8 Å². The van der Waals surface area contributed by atoms with Gasteiger partial charge in [0.25, 0.3) is 0 Å². The number of carbonyl (C=O) groups is 1. The van der Waals surface area contributed by atoms with Crippen molar-refractivity contribution in [1.82, 2.24) is 10.2 Å². The van der Waals surface area contributed by atoms with Gasteiger partial charge in [-0.1, -0.05) is 33.6 Å². The third-order valence-corrected chi connectivity index (χ3v) is 5.20. The molecule has 0 radical (unpaired) electrons. The topological polar surface area (TPSA) is 49.4 Å². The molecule has 4 nitrogen and oxygen atoms in total. The minimum atomic E-state index is -0.807. The summed E-state index contributed by atoms with van der Waals surface area (Å²) in [6.07, 6.45) is 6.71. The molecule has 4 atom stereocenters. The quantitative estimate of drug-likeness (QED) is 0.742. The maximum atomic E-state index is 12.4. The second-order valence-corrected chi connectivity index (χ2v) is 7.24. The molecule has 0 aromatic carbocycles. The number of hydrogen-bond acceptors (Lipinski definition) is 3. The summed E-state index contributed by atoms with van der Waals surface area (Å²) >= 11 is 0. The van der Waals surface area contributed by atoms with Crippen LogP contribution in [0.5, 0.6) is 0 Å². The smallest absolute Gasteiger partial charge is 0.241 e.